The molecule has 0 heterocycles. The highest BCUT2D eigenvalue weighted by atomic mass is 19.1. The monoisotopic (exact) mass is 267 g/mol. The summed E-state index contributed by atoms with van der Waals surface area (Å²) in [7, 11) is 0. The Morgan fingerprint density at radius 3 is 2.63 bits per heavy atom. The predicted molar refractivity (Wildman–Crippen MR) is 69.4 cm³/mol. The fraction of sp³-hybridized carbons (Fsp3) is 0.429. The van der Waals surface area contributed by atoms with Gasteiger partial charge in [0, 0.05) is 13.0 Å². The third-order valence-electron chi connectivity index (χ3n) is 2.89. The minimum absolute atomic E-state index is 0.0284. The van der Waals surface area contributed by atoms with Crippen molar-refractivity contribution in [2.75, 3.05) is 6.54 Å². The Labute approximate surface area is 111 Å². The molecule has 1 atom stereocenters. The third-order valence-corrected chi connectivity index (χ3v) is 2.89. The van der Waals surface area contributed by atoms with Gasteiger partial charge in [0.2, 0.25) is 0 Å². The van der Waals surface area contributed by atoms with Crippen LogP contribution < -0.4 is 5.32 Å². The van der Waals surface area contributed by atoms with Crippen LogP contribution in [0, 0.1) is 11.7 Å². The third kappa shape index (κ3) is 5.50. The molecule has 1 unspecified atom stereocenters. The van der Waals surface area contributed by atoms with Crippen LogP contribution in [0.4, 0.5) is 4.39 Å². The average molecular weight is 267 g/mol. The Kier molecular flexibility index (Phi) is 5.99. The van der Waals surface area contributed by atoms with E-state index in [9.17, 15) is 14.0 Å². The molecule has 0 bridgehead atoms. The van der Waals surface area contributed by atoms with Gasteiger partial charge in [-0.1, -0.05) is 19.1 Å². The maximum absolute atomic E-state index is 13.3. The number of rotatable bonds is 7. The topological polar surface area (TPSA) is 66.4 Å². The van der Waals surface area contributed by atoms with Crippen molar-refractivity contribution in [1.29, 1.82) is 0 Å². The molecule has 0 saturated heterocycles. The maximum atomic E-state index is 13.3. The van der Waals surface area contributed by atoms with Crippen molar-refractivity contribution < 1.29 is 19.1 Å². The summed E-state index contributed by atoms with van der Waals surface area (Å²) in [5.74, 6) is -1.60. The van der Waals surface area contributed by atoms with E-state index in [2.05, 4.69) is 5.32 Å². The lowest BCUT2D eigenvalue weighted by atomic mass is 10.0. The Morgan fingerprint density at radius 2 is 2.00 bits per heavy atom. The van der Waals surface area contributed by atoms with Crippen molar-refractivity contribution in [3.05, 3.63) is 35.6 Å². The van der Waals surface area contributed by atoms with E-state index in [1.807, 2.05) is 6.92 Å². The van der Waals surface area contributed by atoms with Gasteiger partial charge >= 0.3 is 5.97 Å². The lowest BCUT2D eigenvalue weighted by Crippen LogP contribution is -2.26. The number of nitrogens with one attached hydrogen (secondary N) is 1. The largest absolute Gasteiger partial charge is 0.481 e. The Balaban J connectivity index is 2.31. The molecule has 0 aliphatic carbocycles. The first-order valence-corrected chi connectivity index (χ1v) is 6.25. The van der Waals surface area contributed by atoms with Crippen LogP contribution in [0.2, 0.25) is 0 Å². The standard InChI is InChI=1S/C14H18FNO3/c1-10(6-7-13(17)18)8-9-16-14(19)11-4-2-3-5-12(11)15/h2-5,10H,6-9H2,1H3,(H,16,19)(H,17,18). The lowest BCUT2D eigenvalue weighted by molar-refractivity contribution is -0.137. The number of carbonyl (C=O) groups is 2. The van der Waals surface area contributed by atoms with Gasteiger partial charge in [0.1, 0.15) is 5.82 Å². The molecule has 0 saturated carbocycles. The molecule has 1 aromatic rings. The Bertz CT molecular complexity index is 448. The van der Waals surface area contributed by atoms with Crippen molar-refractivity contribution in [3.8, 4) is 0 Å². The second-order valence-electron chi connectivity index (χ2n) is 4.56. The van der Waals surface area contributed by atoms with E-state index in [0.29, 0.717) is 19.4 Å². The van der Waals surface area contributed by atoms with E-state index < -0.39 is 17.7 Å². The molecule has 0 fully saturated rings. The summed E-state index contributed by atoms with van der Waals surface area (Å²) in [6.45, 7) is 2.34. The van der Waals surface area contributed by atoms with Crippen molar-refractivity contribution >= 4 is 11.9 Å². The van der Waals surface area contributed by atoms with Crippen LogP contribution in [-0.2, 0) is 4.79 Å². The first kappa shape index (κ1) is 15.1. The Morgan fingerprint density at radius 1 is 1.32 bits per heavy atom. The molecule has 2 N–H and O–H groups in total. The van der Waals surface area contributed by atoms with Crippen LogP contribution in [0.3, 0.4) is 0 Å². The molecule has 19 heavy (non-hydrogen) atoms. The molecule has 5 heteroatoms. The molecule has 1 aromatic carbocycles. The molecule has 1 rings (SSSR count). The molecule has 4 nitrogen and oxygen atoms in total. The van der Waals surface area contributed by atoms with Gasteiger partial charge in [0.15, 0.2) is 0 Å². The summed E-state index contributed by atoms with van der Waals surface area (Å²) in [6, 6.07) is 5.80. The number of carboxylic acids is 1. The highest BCUT2D eigenvalue weighted by Gasteiger charge is 2.11. The fourth-order valence-corrected chi connectivity index (χ4v) is 1.69. The van der Waals surface area contributed by atoms with Crippen LogP contribution in [0.25, 0.3) is 0 Å². The zero-order chi connectivity index (χ0) is 14.3. The van der Waals surface area contributed by atoms with E-state index in [0.717, 1.165) is 0 Å². The SMILES string of the molecule is CC(CCNC(=O)c1ccccc1F)CCC(=O)O. The lowest BCUT2D eigenvalue weighted by Gasteiger charge is -2.11. The molecular formula is C14H18FNO3. The second-order valence-corrected chi connectivity index (χ2v) is 4.56. The highest BCUT2D eigenvalue weighted by molar-refractivity contribution is 5.94. The number of benzene rings is 1. The van der Waals surface area contributed by atoms with E-state index in [1.165, 1.54) is 18.2 Å². The number of carboxylic acid groups (broad SMARTS) is 1. The summed E-state index contributed by atoms with van der Waals surface area (Å²) in [5, 5.41) is 11.2. The number of aliphatic carboxylic acids is 1. The first-order chi connectivity index (χ1) is 9.00. The van der Waals surface area contributed by atoms with Gasteiger partial charge in [-0.05, 0) is 30.9 Å². The van der Waals surface area contributed by atoms with Crippen molar-refractivity contribution in [1.82, 2.24) is 5.32 Å². The minimum Gasteiger partial charge on any atom is -0.481 e. The van der Waals surface area contributed by atoms with Gasteiger partial charge in [0.05, 0.1) is 5.56 Å². The van der Waals surface area contributed by atoms with Crippen molar-refractivity contribution in [2.24, 2.45) is 5.92 Å². The normalized spacial score (nSPS) is 11.9. The van der Waals surface area contributed by atoms with Gasteiger partial charge in [-0.15, -0.1) is 0 Å². The molecule has 0 radical (unpaired) electrons. The zero-order valence-electron chi connectivity index (χ0n) is 10.9. The van der Waals surface area contributed by atoms with Crippen LogP contribution >= 0.6 is 0 Å². The van der Waals surface area contributed by atoms with E-state index >= 15 is 0 Å². The van der Waals surface area contributed by atoms with Crippen molar-refractivity contribution in [3.63, 3.8) is 0 Å². The van der Waals surface area contributed by atoms with E-state index in [4.69, 9.17) is 5.11 Å². The number of amides is 1. The summed E-state index contributed by atoms with van der Waals surface area (Å²) >= 11 is 0. The van der Waals surface area contributed by atoms with Crippen LogP contribution in [0.15, 0.2) is 24.3 Å². The quantitative estimate of drug-likeness (QED) is 0.797. The molecule has 0 aliphatic rings. The summed E-state index contributed by atoms with van der Waals surface area (Å²) in [6.07, 6.45) is 1.38. The molecule has 0 aliphatic heterocycles. The number of halogens is 1. The predicted octanol–water partition coefficient (Wildman–Crippen LogP) is 2.45. The minimum atomic E-state index is -0.817. The molecule has 0 spiro atoms. The van der Waals surface area contributed by atoms with Gasteiger partial charge < -0.3 is 10.4 Å². The number of hydrogen-bond acceptors (Lipinski definition) is 2. The van der Waals surface area contributed by atoms with Crippen LogP contribution in [0.5, 0.6) is 0 Å². The van der Waals surface area contributed by atoms with E-state index in [1.54, 1.807) is 6.07 Å². The smallest absolute Gasteiger partial charge is 0.303 e. The molecule has 1 amide bonds. The van der Waals surface area contributed by atoms with Crippen LogP contribution in [0.1, 0.15) is 36.5 Å². The Hall–Kier alpha value is -1.91. The first-order valence-electron chi connectivity index (χ1n) is 6.25. The number of hydrogen-bond donors (Lipinski definition) is 2. The van der Waals surface area contributed by atoms with Gasteiger partial charge in [0.25, 0.3) is 5.91 Å². The van der Waals surface area contributed by atoms with Gasteiger partial charge in [-0.25, -0.2) is 4.39 Å². The molecule has 104 valence electrons. The average Bonchev–Trinajstić information content (AvgIpc) is 2.36. The molecule has 0 aromatic heterocycles. The van der Waals surface area contributed by atoms with Crippen molar-refractivity contribution in [2.45, 2.75) is 26.2 Å². The number of carbonyl (C=O) groups excluding carboxylic acids is 1. The van der Waals surface area contributed by atoms with Gasteiger partial charge in [-0.2, -0.15) is 0 Å². The highest BCUT2D eigenvalue weighted by Crippen LogP contribution is 2.10. The summed E-state index contributed by atoms with van der Waals surface area (Å²) in [4.78, 5) is 22.1. The van der Waals surface area contributed by atoms with E-state index in [-0.39, 0.29) is 17.9 Å². The van der Waals surface area contributed by atoms with Gasteiger partial charge in [-0.3, -0.25) is 9.59 Å². The summed E-state index contributed by atoms with van der Waals surface area (Å²) in [5.41, 5.74) is 0.0284. The second kappa shape index (κ2) is 7.51. The maximum Gasteiger partial charge on any atom is 0.303 e. The fourth-order valence-electron chi connectivity index (χ4n) is 1.69. The van der Waals surface area contributed by atoms with Crippen LogP contribution in [-0.4, -0.2) is 23.5 Å². The zero-order valence-corrected chi connectivity index (χ0v) is 10.9. The molecular weight excluding hydrogens is 249 g/mol. The summed E-state index contributed by atoms with van der Waals surface area (Å²) < 4.78 is 13.3.